The first-order valence-corrected chi connectivity index (χ1v) is 20.4. The van der Waals surface area contributed by atoms with Gasteiger partial charge >= 0.3 is 0 Å². The average molecular weight is 744 g/mol. The first-order valence-electron chi connectivity index (χ1n) is 17.5. The number of nitrogens with one attached hydrogen (secondary N) is 2. The van der Waals surface area contributed by atoms with E-state index in [1.807, 2.05) is 30.3 Å². The van der Waals surface area contributed by atoms with Gasteiger partial charge in [0.05, 0.1) is 40.0 Å². The second kappa shape index (κ2) is 16.0. The van der Waals surface area contributed by atoms with Crippen LogP contribution in [0.3, 0.4) is 0 Å². The van der Waals surface area contributed by atoms with E-state index in [2.05, 4.69) is 10.6 Å². The van der Waals surface area contributed by atoms with Gasteiger partial charge in [-0.3, -0.25) is 0 Å². The highest BCUT2D eigenvalue weighted by molar-refractivity contribution is 7.93. The number of aliphatic hydroxyl groups excluding tert-OH is 2. The van der Waals surface area contributed by atoms with Crippen LogP contribution in [-0.2, 0) is 35.9 Å². The van der Waals surface area contributed by atoms with Crippen LogP contribution in [0.2, 0.25) is 0 Å². The summed E-state index contributed by atoms with van der Waals surface area (Å²) >= 11 is 0. The van der Waals surface area contributed by atoms with E-state index >= 15 is 0 Å². The molecular formula is C37H49N3O9S2. The predicted octanol–water partition coefficient (Wildman–Crippen LogP) is 2.73. The molecule has 4 N–H and O–H groups in total. The van der Waals surface area contributed by atoms with Crippen LogP contribution in [0.15, 0.2) is 82.6 Å². The Kier molecular flexibility index (Phi) is 11.9. The molecule has 0 aromatic heterocycles. The third-order valence-electron chi connectivity index (χ3n) is 10.3. The van der Waals surface area contributed by atoms with E-state index in [-0.39, 0.29) is 29.0 Å². The van der Waals surface area contributed by atoms with Crippen molar-refractivity contribution >= 4 is 19.9 Å². The van der Waals surface area contributed by atoms with E-state index in [0.717, 1.165) is 29.8 Å². The third-order valence-corrected chi connectivity index (χ3v) is 14.7. The fourth-order valence-corrected chi connectivity index (χ4v) is 10.2. The number of hydrogen-bond acceptors (Lipinski definition) is 11. The maximum atomic E-state index is 13.7. The monoisotopic (exact) mass is 743 g/mol. The van der Waals surface area contributed by atoms with E-state index in [9.17, 15) is 27.0 Å². The fourth-order valence-electron chi connectivity index (χ4n) is 6.85. The average Bonchev–Trinajstić information content (AvgIpc) is 3.88. The van der Waals surface area contributed by atoms with E-state index in [1.165, 1.54) is 12.1 Å². The molecule has 0 radical (unpaired) electrons. The molecule has 6 rings (SSSR count). The predicted molar refractivity (Wildman–Crippen MR) is 193 cm³/mol. The van der Waals surface area contributed by atoms with Crippen molar-refractivity contribution in [2.24, 2.45) is 0 Å². The number of rotatable bonds is 17. The molecule has 1 spiro atoms. The van der Waals surface area contributed by atoms with Crippen molar-refractivity contribution in [3.8, 4) is 16.9 Å². The van der Waals surface area contributed by atoms with Crippen LogP contribution in [0.4, 0.5) is 0 Å². The number of sulfone groups is 1. The first kappa shape index (κ1) is 37.8. The molecule has 2 unspecified atom stereocenters. The molecule has 0 amide bonds. The molecule has 2 aliphatic heterocycles. The zero-order valence-electron chi connectivity index (χ0n) is 29.0. The molecule has 12 nitrogen and oxygen atoms in total. The van der Waals surface area contributed by atoms with Crippen LogP contribution < -0.4 is 15.4 Å². The highest BCUT2D eigenvalue weighted by Crippen LogP contribution is 2.46. The largest absolute Gasteiger partial charge is 0.491 e. The number of sulfonamides is 1. The van der Waals surface area contributed by atoms with Gasteiger partial charge in [0.1, 0.15) is 18.5 Å². The first-order chi connectivity index (χ1) is 24.5. The molecule has 51 heavy (non-hydrogen) atoms. The molecule has 2 saturated heterocycles. The highest BCUT2D eigenvalue weighted by Gasteiger charge is 2.54. The minimum atomic E-state index is -3.70. The molecule has 14 heteroatoms. The summed E-state index contributed by atoms with van der Waals surface area (Å²) < 4.78 is 70.8. The van der Waals surface area contributed by atoms with Gasteiger partial charge in [0.25, 0.3) is 0 Å². The van der Waals surface area contributed by atoms with Gasteiger partial charge in [0, 0.05) is 45.9 Å². The lowest BCUT2D eigenvalue weighted by Gasteiger charge is -2.38. The van der Waals surface area contributed by atoms with Gasteiger partial charge in [-0.05, 0) is 79.1 Å². The quantitative estimate of drug-likeness (QED) is 0.151. The zero-order valence-corrected chi connectivity index (χ0v) is 30.6. The zero-order chi connectivity index (χ0) is 36.1. The highest BCUT2D eigenvalue weighted by atomic mass is 32.2. The Bertz CT molecular complexity index is 1840. The lowest BCUT2D eigenvalue weighted by molar-refractivity contribution is -0.0312. The van der Waals surface area contributed by atoms with Crippen LogP contribution in [0.1, 0.15) is 37.7 Å². The summed E-state index contributed by atoms with van der Waals surface area (Å²) in [5.41, 5.74) is 2.50. The maximum absolute atomic E-state index is 13.7. The number of hydrogen-bond donors (Lipinski definition) is 4. The number of ether oxygens (including phenoxy) is 3. The van der Waals surface area contributed by atoms with Crippen molar-refractivity contribution in [1.82, 2.24) is 14.9 Å². The van der Waals surface area contributed by atoms with Gasteiger partial charge in [0.2, 0.25) is 10.0 Å². The van der Waals surface area contributed by atoms with Crippen LogP contribution in [0.5, 0.6) is 5.75 Å². The van der Waals surface area contributed by atoms with Crippen molar-refractivity contribution in [1.29, 1.82) is 0 Å². The van der Waals surface area contributed by atoms with Gasteiger partial charge < -0.3 is 35.1 Å². The maximum Gasteiger partial charge on any atom is 0.243 e. The van der Waals surface area contributed by atoms with E-state index < -0.39 is 42.9 Å². The lowest BCUT2D eigenvalue weighted by Crippen LogP contribution is -2.47. The van der Waals surface area contributed by atoms with Gasteiger partial charge in [-0.1, -0.05) is 42.5 Å². The number of nitrogens with zero attached hydrogens (tertiary/aromatic N) is 1. The molecular weight excluding hydrogens is 695 g/mol. The summed E-state index contributed by atoms with van der Waals surface area (Å²) in [7, 11) is -5.70. The summed E-state index contributed by atoms with van der Waals surface area (Å²) in [5, 5.41) is 26.9. The normalized spacial score (nSPS) is 20.7. The second-order valence-electron chi connectivity index (χ2n) is 13.9. The minimum Gasteiger partial charge on any atom is -0.491 e. The molecule has 0 bridgehead atoms. The summed E-state index contributed by atoms with van der Waals surface area (Å²) in [6, 6.07) is 21.4. The number of aliphatic hydroxyl groups is 2. The summed E-state index contributed by atoms with van der Waals surface area (Å²) in [6.07, 6.45) is 1.88. The van der Waals surface area contributed by atoms with Crippen molar-refractivity contribution < 1.29 is 41.3 Å². The number of benzene rings is 3. The molecule has 3 aromatic carbocycles. The van der Waals surface area contributed by atoms with Gasteiger partial charge in [-0.15, -0.1) is 0 Å². The topological polar surface area (TPSA) is 164 Å². The third kappa shape index (κ3) is 8.66. The lowest BCUT2D eigenvalue weighted by atomic mass is 9.88. The van der Waals surface area contributed by atoms with Crippen LogP contribution in [0, 0.1) is 0 Å². The Balaban J connectivity index is 0.960. The smallest absolute Gasteiger partial charge is 0.243 e. The Morgan fingerprint density at radius 1 is 0.941 bits per heavy atom. The number of methoxy groups -OCH3 is 1. The molecule has 278 valence electrons. The summed E-state index contributed by atoms with van der Waals surface area (Å²) in [6.45, 7) is 3.12. The van der Waals surface area contributed by atoms with E-state index in [1.54, 1.807) is 41.7 Å². The van der Waals surface area contributed by atoms with Crippen LogP contribution in [-0.4, -0.2) is 114 Å². The van der Waals surface area contributed by atoms with Crippen LogP contribution in [0.25, 0.3) is 11.1 Å². The van der Waals surface area contributed by atoms with Gasteiger partial charge in [-0.25, -0.2) is 16.8 Å². The van der Waals surface area contributed by atoms with E-state index in [0.29, 0.717) is 64.2 Å². The standard InChI is InChI=1S/C37H49N3O9S2/c1-47-19-16-38-23-28-8-10-29(11-9-28)30-4-2-7-35(20-30)51(45,46)40-17-14-36(15-18-40)22-31(25-49-36)39-24-32(42)26-48-33-5-3-6-34(21-33)50(43,44)37(27-41)12-13-37/h2-11,20-21,31-32,38-39,41-42H,12-19,22-27H2,1H3. The Morgan fingerprint density at radius 2 is 1.67 bits per heavy atom. The van der Waals surface area contributed by atoms with Crippen molar-refractivity contribution in [3.63, 3.8) is 0 Å². The van der Waals surface area contributed by atoms with Crippen molar-refractivity contribution in [2.75, 3.05) is 59.7 Å². The van der Waals surface area contributed by atoms with Gasteiger partial charge in [-0.2, -0.15) is 4.31 Å². The molecule has 1 aliphatic carbocycles. The molecule has 2 heterocycles. The summed E-state index contributed by atoms with van der Waals surface area (Å²) in [4.78, 5) is 0.374. The van der Waals surface area contributed by atoms with Crippen molar-refractivity contribution in [2.45, 2.75) is 70.9 Å². The fraction of sp³-hybridized carbons (Fsp3) is 0.514. The van der Waals surface area contributed by atoms with E-state index in [4.69, 9.17) is 14.2 Å². The summed E-state index contributed by atoms with van der Waals surface area (Å²) in [5.74, 6) is 0.330. The Hall–Kier alpha value is -2.92. The van der Waals surface area contributed by atoms with Crippen molar-refractivity contribution in [3.05, 3.63) is 78.4 Å². The molecule has 3 fully saturated rings. The molecule has 3 aromatic rings. The van der Waals surface area contributed by atoms with Gasteiger partial charge in [0.15, 0.2) is 9.84 Å². The molecule has 3 aliphatic rings. The molecule has 1 saturated carbocycles. The second-order valence-corrected chi connectivity index (χ2v) is 18.2. The van der Waals surface area contributed by atoms with Crippen LogP contribution >= 0.6 is 0 Å². The Labute approximate surface area is 301 Å². The minimum absolute atomic E-state index is 0.00583. The molecule has 2 atom stereocenters. The number of piperidine rings is 1. The SMILES string of the molecule is COCCNCc1ccc(-c2cccc(S(=O)(=O)N3CCC4(CC3)CC(NCC(O)COc3cccc(S(=O)(=O)C5(CO)CC5)c3)CO4)c2)cc1. The Morgan fingerprint density at radius 3 is 2.37 bits per heavy atom.